The predicted molar refractivity (Wildman–Crippen MR) is 69.1 cm³/mol. The summed E-state index contributed by atoms with van der Waals surface area (Å²) in [5.41, 5.74) is 11.6. The van der Waals surface area contributed by atoms with E-state index in [9.17, 15) is 0 Å². The molecule has 1 aromatic heterocycles. The molecule has 0 unspecified atom stereocenters. The number of rotatable bonds is 6. The van der Waals surface area contributed by atoms with Gasteiger partial charge in [0.1, 0.15) is 0 Å². The fourth-order valence-electron chi connectivity index (χ4n) is 1.07. The van der Waals surface area contributed by atoms with Gasteiger partial charge in [-0.3, -0.25) is 4.98 Å². The Bertz CT molecular complexity index is 294. The molecule has 0 spiro atoms. The van der Waals surface area contributed by atoms with Crippen molar-refractivity contribution >= 4 is 0 Å². The van der Waals surface area contributed by atoms with Crippen LogP contribution in [0.5, 0.6) is 0 Å². The summed E-state index contributed by atoms with van der Waals surface area (Å²) in [6, 6.07) is 7.88. The van der Waals surface area contributed by atoms with E-state index in [1.165, 1.54) is 0 Å². The Hall–Kier alpha value is -1.48. The van der Waals surface area contributed by atoms with E-state index in [4.69, 9.17) is 16.7 Å². The van der Waals surface area contributed by atoms with Crippen molar-refractivity contribution in [2.45, 2.75) is 12.8 Å². The fourth-order valence-corrected chi connectivity index (χ4v) is 1.07. The summed E-state index contributed by atoms with van der Waals surface area (Å²) in [5, 5.41) is 11.0. The van der Waals surface area contributed by atoms with Gasteiger partial charge in [-0.2, -0.15) is 5.26 Å². The second-order valence-electron chi connectivity index (χ2n) is 3.31. The van der Waals surface area contributed by atoms with Crippen LogP contribution < -0.4 is 16.8 Å². The third kappa shape index (κ3) is 10.8. The Balaban J connectivity index is 0.000000304. The molecule has 1 heterocycles. The van der Waals surface area contributed by atoms with Gasteiger partial charge in [0.15, 0.2) is 0 Å². The van der Waals surface area contributed by atoms with Crippen LogP contribution in [0.3, 0.4) is 0 Å². The van der Waals surface area contributed by atoms with E-state index in [-0.39, 0.29) is 0 Å². The minimum absolute atomic E-state index is 0.569. The topological polar surface area (TPSA) is 101 Å². The lowest BCUT2D eigenvalue weighted by molar-refractivity contribution is 0.700. The average molecular weight is 235 g/mol. The van der Waals surface area contributed by atoms with E-state index in [1.807, 2.05) is 24.3 Å². The third-order valence-corrected chi connectivity index (χ3v) is 1.86. The lowest BCUT2D eigenvalue weighted by atomic mass is 10.3. The molecule has 0 aliphatic heterocycles. The molecule has 1 rings (SSSR count). The minimum Gasteiger partial charge on any atom is -0.330 e. The number of hydrogen-bond donors (Lipinski definition) is 3. The SMILES string of the molecule is N#CCCNCCN.NCCc1ccccn1. The van der Waals surface area contributed by atoms with Gasteiger partial charge in [-0.25, -0.2) is 0 Å². The minimum atomic E-state index is 0.569. The number of nitrogens with zero attached hydrogens (tertiary/aromatic N) is 2. The lowest BCUT2D eigenvalue weighted by Gasteiger charge is -1.94. The molecule has 0 bridgehead atoms. The van der Waals surface area contributed by atoms with E-state index in [0.29, 0.717) is 19.5 Å². The molecule has 17 heavy (non-hydrogen) atoms. The second-order valence-corrected chi connectivity index (χ2v) is 3.31. The van der Waals surface area contributed by atoms with Crippen molar-refractivity contribution in [2.24, 2.45) is 11.5 Å². The summed E-state index contributed by atoms with van der Waals surface area (Å²) < 4.78 is 0. The summed E-state index contributed by atoms with van der Waals surface area (Å²) in [5.74, 6) is 0. The van der Waals surface area contributed by atoms with Crippen molar-refractivity contribution in [1.82, 2.24) is 10.3 Å². The second kappa shape index (κ2) is 12.6. The first-order valence-corrected chi connectivity index (χ1v) is 5.72. The van der Waals surface area contributed by atoms with Crippen LogP contribution in [0.2, 0.25) is 0 Å². The highest BCUT2D eigenvalue weighted by molar-refractivity contribution is 5.03. The quantitative estimate of drug-likeness (QED) is 0.604. The summed E-state index contributed by atoms with van der Waals surface area (Å²) in [6.45, 7) is 2.89. The number of aromatic nitrogens is 1. The van der Waals surface area contributed by atoms with Crippen LogP contribution in [0, 0.1) is 11.3 Å². The first-order valence-electron chi connectivity index (χ1n) is 5.72. The Kier molecular flexibility index (Phi) is 11.5. The van der Waals surface area contributed by atoms with Crippen molar-refractivity contribution in [3.8, 4) is 6.07 Å². The van der Waals surface area contributed by atoms with Crippen LogP contribution >= 0.6 is 0 Å². The first kappa shape index (κ1) is 15.5. The molecular formula is C12H21N5. The molecule has 0 saturated heterocycles. The van der Waals surface area contributed by atoms with Crippen LogP contribution in [0.15, 0.2) is 24.4 Å². The standard InChI is InChI=1S/C7H10N2.C5H11N3/c8-5-4-7-3-1-2-6-9-7;6-2-1-4-8-5-3-7/h1-3,6H,4-5,8H2;8H,1,3-5,7H2. The van der Waals surface area contributed by atoms with Crippen LogP contribution in [0.4, 0.5) is 0 Å². The smallest absolute Gasteiger partial charge is 0.0635 e. The van der Waals surface area contributed by atoms with Gasteiger partial charge < -0.3 is 16.8 Å². The number of nitrogens with one attached hydrogen (secondary N) is 1. The largest absolute Gasteiger partial charge is 0.330 e. The molecule has 5 heteroatoms. The maximum atomic E-state index is 8.04. The molecular weight excluding hydrogens is 214 g/mol. The van der Waals surface area contributed by atoms with Crippen molar-refractivity contribution in [3.05, 3.63) is 30.1 Å². The van der Waals surface area contributed by atoms with Crippen molar-refractivity contribution in [3.63, 3.8) is 0 Å². The first-order chi connectivity index (χ1) is 8.35. The number of pyridine rings is 1. The van der Waals surface area contributed by atoms with E-state index in [1.54, 1.807) is 6.20 Å². The van der Waals surface area contributed by atoms with Gasteiger partial charge in [-0.05, 0) is 18.7 Å². The normalized spacial score (nSPS) is 9.00. The number of nitriles is 1. The summed E-state index contributed by atoms with van der Waals surface area (Å²) >= 11 is 0. The molecule has 0 aromatic carbocycles. The number of nitrogens with two attached hydrogens (primary N) is 2. The summed E-state index contributed by atoms with van der Waals surface area (Å²) in [7, 11) is 0. The van der Waals surface area contributed by atoms with Crippen LogP contribution in [0.1, 0.15) is 12.1 Å². The Morgan fingerprint density at radius 3 is 2.59 bits per heavy atom. The molecule has 0 radical (unpaired) electrons. The highest BCUT2D eigenvalue weighted by Gasteiger charge is 1.86. The average Bonchev–Trinajstić information content (AvgIpc) is 2.37. The van der Waals surface area contributed by atoms with Crippen molar-refractivity contribution < 1.29 is 0 Å². The van der Waals surface area contributed by atoms with E-state index >= 15 is 0 Å². The molecule has 94 valence electrons. The molecule has 0 saturated carbocycles. The molecule has 5 N–H and O–H groups in total. The van der Waals surface area contributed by atoms with Crippen molar-refractivity contribution in [2.75, 3.05) is 26.2 Å². The Morgan fingerprint density at radius 2 is 2.06 bits per heavy atom. The Morgan fingerprint density at radius 1 is 1.24 bits per heavy atom. The van der Waals surface area contributed by atoms with Crippen LogP contribution in [0.25, 0.3) is 0 Å². The third-order valence-electron chi connectivity index (χ3n) is 1.86. The molecule has 5 nitrogen and oxygen atoms in total. The van der Waals surface area contributed by atoms with Gasteiger partial charge in [0, 0.05) is 44.4 Å². The Labute approximate surface area is 103 Å². The fraction of sp³-hybridized carbons (Fsp3) is 0.500. The van der Waals surface area contributed by atoms with Crippen LogP contribution in [-0.2, 0) is 6.42 Å². The molecule has 0 aliphatic carbocycles. The van der Waals surface area contributed by atoms with Gasteiger partial charge >= 0.3 is 0 Å². The highest BCUT2D eigenvalue weighted by Crippen LogP contribution is 1.91. The summed E-state index contributed by atoms with van der Waals surface area (Å²) in [6.07, 6.45) is 3.23. The van der Waals surface area contributed by atoms with E-state index in [0.717, 1.165) is 25.2 Å². The van der Waals surface area contributed by atoms with Gasteiger partial charge in [0.25, 0.3) is 0 Å². The zero-order valence-electron chi connectivity index (χ0n) is 10.1. The number of hydrogen-bond acceptors (Lipinski definition) is 5. The lowest BCUT2D eigenvalue weighted by Crippen LogP contribution is -2.22. The van der Waals surface area contributed by atoms with Crippen molar-refractivity contribution in [1.29, 1.82) is 5.26 Å². The summed E-state index contributed by atoms with van der Waals surface area (Å²) in [4.78, 5) is 4.09. The van der Waals surface area contributed by atoms with Gasteiger partial charge in [0.05, 0.1) is 6.07 Å². The molecule has 1 aromatic rings. The van der Waals surface area contributed by atoms with Gasteiger partial charge in [-0.1, -0.05) is 6.07 Å². The molecule has 0 fully saturated rings. The maximum absolute atomic E-state index is 8.04. The predicted octanol–water partition coefficient (Wildman–Crippen LogP) is 0.0312. The van der Waals surface area contributed by atoms with Gasteiger partial charge in [-0.15, -0.1) is 0 Å². The molecule has 0 atom stereocenters. The van der Waals surface area contributed by atoms with Gasteiger partial charge in [0.2, 0.25) is 0 Å². The maximum Gasteiger partial charge on any atom is 0.0635 e. The van der Waals surface area contributed by atoms with E-state index < -0.39 is 0 Å². The van der Waals surface area contributed by atoms with E-state index in [2.05, 4.69) is 10.3 Å². The zero-order chi connectivity index (χ0) is 12.8. The van der Waals surface area contributed by atoms with Crippen LogP contribution in [-0.4, -0.2) is 31.2 Å². The molecule has 0 amide bonds. The molecule has 0 aliphatic rings. The highest BCUT2D eigenvalue weighted by atomic mass is 14.9. The zero-order valence-corrected chi connectivity index (χ0v) is 10.1. The monoisotopic (exact) mass is 235 g/mol.